The molecule has 3 rings (SSSR count). The number of sulfone groups is 1. The van der Waals surface area contributed by atoms with Crippen molar-refractivity contribution in [2.45, 2.75) is 15.6 Å². The fraction of sp³-hybridized carbons (Fsp3) is 0.143. The largest absolute Gasteiger partial charge is 0.497 e. The molecule has 0 aliphatic rings. The molecule has 7 nitrogen and oxygen atoms in total. The van der Waals surface area contributed by atoms with Crippen molar-refractivity contribution >= 4 is 21.2 Å². The monoisotopic (exact) mass is 350 g/mol. The molecule has 3 N–H and O–H groups in total. The third kappa shape index (κ3) is 2.98. The van der Waals surface area contributed by atoms with Gasteiger partial charge in [-0.2, -0.15) is 5.10 Å². The molecule has 0 aliphatic carbocycles. The van der Waals surface area contributed by atoms with Crippen molar-refractivity contribution in [2.24, 2.45) is 5.73 Å². The summed E-state index contributed by atoms with van der Waals surface area (Å²) in [5.74, 6) is 0.450. The van der Waals surface area contributed by atoms with Gasteiger partial charge in [-0.1, -0.05) is 0 Å². The van der Waals surface area contributed by atoms with E-state index in [9.17, 15) is 8.42 Å². The fourth-order valence-corrected chi connectivity index (χ4v) is 4.57. The third-order valence-corrected chi connectivity index (χ3v) is 6.44. The maximum Gasteiger partial charge on any atom is 0.217 e. The van der Waals surface area contributed by atoms with E-state index in [2.05, 4.69) is 15.2 Å². The van der Waals surface area contributed by atoms with Crippen LogP contribution < -0.4 is 10.5 Å². The molecule has 0 spiro atoms. The van der Waals surface area contributed by atoms with E-state index in [1.54, 1.807) is 24.5 Å². The molecule has 2 aromatic heterocycles. The molecular formula is C14H14N4O3S2. The van der Waals surface area contributed by atoms with Crippen LogP contribution in [0.25, 0.3) is 11.1 Å². The highest BCUT2D eigenvalue weighted by atomic mass is 32.2. The van der Waals surface area contributed by atoms with Crippen molar-refractivity contribution in [3.05, 3.63) is 41.8 Å². The van der Waals surface area contributed by atoms with E-state index in [0.29, 0.717) is 16.3 Å². The Morgan fingerprint density at radius 1 is 1.26 bits per heavy atom. The second-order valence-corrected chi connectivity index (χ2v) is 7.96. The Kier molecular flexibility index (Phi) is 4.16. The van der Waals surface area contributed by atoms with Gasteiger partial charge >= 0.3 is 0 Å². The predicted molar refractivity (Wildman–Crippen MR) is 86.0 cm³/mol. The minimum Gasteiger partial charge on any atom is -0.497 e. The standard InChI is InChI=1S/C14H14N4O3S2/c1-21-11-2-9(10-6-17-18-7-10)3-12(4-11)23(19,20)14-8-16-13(5-15)22-14/h2-4,6-8H,5,15H2,1H3,(H,17,18). The number of aromatic amines is 1. The highest BCUT2D eigenvalue weighted by Gasteiger charge is 2.22. The van der Waals surface area contributed by atoms with Gasteiger partial charge in [-0.05, 0) is 23.8 Å². The number of benzene rings is 1. The SMILES string of the molecule is COc1cc(-c2cn[nH]c2)cc(S(=O)(=O)c2cnc(CN)s2)c1. The number of rotatable bonds is 5. The van der Waals surface area contributed by atoms with Crippen molar-refractivity contribution in [2.75, 3.05) is 7.11 Å². The van der Waals surface area contributed by atoms with E-state index in [4.69, 9.17) is 10.5 Å². The second-order valence-electron chi connectivity index (χ2n) is 4.66. The molecule has 0 unspecified atom stereocenters. The van der Waals surface area contributed by atoms with Gasteiger partial charge in [0, 0.05) is 18.3 Å². The first-order valence-corrected chi connectivity index (χ1v) is 8.92. The Morgan fingerprint density at radius 3 is 2.70 bits per heavy atom. The molecule has 9 heteroatoms. The number of H-pyrrole nitrogens is 1. The lowest BCUT2D eigenvalue weighted by Gasteiger charge is -2.08. The van der Waals surface area contributed by atoms with E-state index < -0.39 is 9.84 Å². The first-order valence-electron chi connectivity index (χ1n) is 6.62. The van der Waals surface area contributed by atoms with Crippen LogP contribution in [0.2, 0.25) is 0 Å². The van der Waals surface area contributed by atoms with E-state index in [0.717, 1.165) is 16.9 Å². The highest BCUT2D eigenvalue weighted by molar-refractivity contribution is 7.93. The molecule has 3 aromatic rings. The number of nitrogens with zero attached hydrogens (tertiary/aromatic N) is 2. The third-order valence-electron chi connectivity index (χ3n) is 3.23. The van der Waals surface area contributed by atoms with Crippen LogP contribution in [0.5, 0.6) is 5.75 Å². The topological polar surface area (TPSA) is 111 Å². The van der Waals surface area contributed by atoms with Crippen LogP contribution in [0, 0.1) is 0 Å². The summed E-state index contributed by atoms with van der Waals surface area (Å²) < 4.78 is 31.0. The molecule has 120 valence electrons. The molecule has 2 heterocycles. The van der Waals surface area contributed by atoms with E-state index >= 15 is 0 Å². The Morgan fingerprint density at radius 2 is 2.09 bits per heavy atom. The van der Waals surface area contributed by atoms with Crippen molar-refractivity contribution in [1.82, 2.24) is 15.2 Å². The van der Waals surface area contributed by atoms with E-state index in [-0.39, 0.29) is 15.6 Å². The smallest absolute Gasteiger partial charge is 0.217 e. The molecule has 0 radical (unpaired) electrons. The minimum absolute atomic E-state index is 0.139. The molecule has 1 aromatic carbocycles. The summed E-state index contributed by atoms with van der Waals surface area (Å²) in [6.07, 6.45) is 4.63. The molecule has 23 heavy (non-hydrogen) atoms. The average Bonchev–Trinajstić information content (AvgIpc) is 3.25. The van der Waals surface area contributed by atoms with Crippen LogP contribution in [0.15, 0.2) is 45.9 Å². The molecule has 0 atom stereocenters. The summed E-state index contributed by atoms with van der Waals surface area (Å²) in [6.45, 7) is 0.207. The summed E-state index contributed by atoms with van der Waals surface area (Å²) in [4.78, 5) is 4.15. The van der Waals surface area contributed by atoms with Gasteiger partial charge in [0.1, 0.15) is 15.0 Å². The number of hydrogen-bond donors (Lipinski definition) is 2. The minimum atomic E-state index is -3.68. The summed E-state index contributed by atoms with van der Waals surface area (Å²) in [7, 11) is -2.19. The molecule has 0 saturated carbocycles. The molecule has 0 aliphatic heterocycles. The van der Waals surface area contributed by atoms with Gasteiger partial charge < -0.3 is 10.5 Å². The molecule has 0 fully saturated rings. The molecular weight excluding hydrogens is 336 g/mol. The zero-order valence-corrected chi connectivity index (χ0v) is 13.8. The van der Waals surface area contributed by atoms with Crippen LogP contribution in [0.4, 0.5) is 0 Å². The fourth-order valence-electron chi connectivity index (χ4n) is 2.05. The summed E-state index contributed by atoms with van der Waals surface area (Å²) >= 11 is 1.07. The number of hydrogen-bond acceptors (Lipinski definition) is 7. The average molecular weight is 350 g/mol. The first-order chi connectivity index (χ1) is 11.0. The predicted octanol–water partition coefficient (Wildman–Crippen LogP) is 1.83. The second kappa shape index (κ2) is 6.11. The lowest BCUT2D eigenvalue weighted by atomic mass is 10.1. The number of nitrogens with one attached hydrogen (secondary N) is 1. The zero-order chi connectivity index (χ0) is 16.4. The van der Waals surface area contributed by atoms with E-state index in [1.807, 2.05) is 0 Å². The Hall–Kier alpha value is -2.23. The van der Waals surface area contributed by atoms with Gasteiger partial charge in [-0.25, -0.2) is 13.4 Å². The molecule has 0 amide bonds. The van der Waals surface area contributed by atoms with Gasteiger partial charge in [0.15, 0.2) is 0 Å². The maximum absolute atomic E-state index is 12.8. The normalized spacial score (nSPS) is 11.6. The number of aromatic nitrogens is 3. The molecule has 0 saturated heterocycles. The van der Waals surface area contributed by atoms with Crippen molar-refractivity contribution in [3.8, 4) is 16.9 Å². The molecule has 0 bridgehead atoms. The Balaban J connectivity index is 2.13. The van der Waals surface area contributed by atoms with Crippen LogP contribution in [-0.2, 0) is 16.4 Å². The lowest BCUT2D eigenvalue weighted by Crippen LogP contribution is -2.01. The van der Waals surface area contributed by atoms with E-state index in [1.165, 1.54) is 19.4 Å². The highest BCUT2D eigenvalue weighted by Crippen LogP contribution is 2.32. The zero-order valence-electron chi connectivity index (χ0n) is 12.2. The number of ether oxygens (including phenoxy) is 1. The van der Waals surface area contributed by atoms with Crippen molar-refractivity contribution in [3.63, 3.8) is 0 Å². The number of thiazole rings is 1. The van der Waals surface area contributed by atoms with Gasteiger partial charge in [-0.15, -0.1) is 11.3 Å². The Labute approximate surface area is 137 Å². The van der Waals surface area contributed by atoms with Crippen LogP contribution >= 0.6 is 11.3 Å². The van der Waals surface area contributed by atoms with Gasteiger partial charge in [0.25, 0.3) is 0 Å². The van der Waals surface area contributed by atoms with Crippen molar-refractivity contribution < 1.29 is 13.2 Å². The van der Waals surface area contributed by atoms with Gasteiger partial charge in [0.05, 0.1) is 24.4 Å². The van der Waals surface area contributed by atoms with Gasteiger partial charge in [-0.3, -0.25) is 5.10 Å². The quantitative estimate of drug-likeness (QED) is 0.726. The van der Waals surface area contributed by atoms with Crippen molar-refractivity contribution in [1.29, 1.82) is 0 Å². The summed E-state index contributed by atoms with van der Waals surface area (Å²) in [5, 5.41) is 7.16. The van der Waals surface area contributed by atoms with Crippen LogP contribution in [0.3, 0.4) is 0 Å². The number of nitrogens with two attached hydrogens (primary N) is 1. The number of methoxy groups -OCH3 is 1. The lowest BCUT2D eigenvalue weighted by molar-refractivity contribution is 0.413. The van der Waals surface area contributed by atoms with Crippen LogP contribution in [0.1, 0.15) is 5.01 Å². The first kappa shape index (κ1) is 15.7. The van der Waals surface area contributed by atoms with Crippen LogP contribution in [-0.4, -0.2) is 30.7 Å². The summed E-state index contributed by atoms with van der Waals surface area (Å²) in [6, 6.07) is 4.83. The Bertz CT molecular complexity index is 917. The van der Waals surface area contributed by atoms with Gasteiger partial charge in [0.2, 0.25) is 9.84 Å². The maximum atomic E-state index is 12.8. The summed E-state index contributed by atoms with van der Waals surface area (Å²) in [5.41, 5.74) is 6.97.